The van der Waals surface area contributed by atoms with E-state index in [1.807, 2.05) is 0 Å². The van der Waals surface area contributed by atoms with Gasteiger partial charge in [-0.05, 0) is 49.4 Å². The van der Waals surface area contributed by atoms with Crippen LogP contribution in [0.15, 0.2) is 11.1 Å². The van der Waals surface area contributed by atoms with Gasteiger partial charge in [0.1, 0.15) is 0 Å². The van der Waals surface area contributed by atoms with E-state index in [1.165, 1.54) is 39.0 Å². The van der Waals surface area contributed by atoms with Crippen molar-refractivity contribution in [3.05, 3.63) is 11.1 Å². The molecule has 20 heavy (non-hydrogen) atoms. The van der Waals surface area contributed by atoms with E-state index in [9.17, 15) is 4.79 Å². The molecule has 0 aromatic heterocycles. The van der Waals surface area contributed by atoms with Gasteiger partial charge in [0.25, 0.3) is 0 Å². The molecule has 0 aliphatic heterocycles. The van der Waals surface area contributed by atoms with Gasteiger partial charge >= 0.3 is 5.97 Å². The number of hydrogen-bond donors (Lipinski definition) is 0. The van der Waals surface area contributed by atoms with E-state index in [0.29, 0.717) is 17.4 Å². The maximum Gasteiger partial charge on any atom is 0.302 e. The van der Waals surface area contributed by atoms with Crippen molar-refractivity contribution in [2.24, 2.45) is 16.7 Å². The van der Waals surface area contributed by atoms with Gasteiger partial charge in [-0.3, -0.25) is 4.79 Å². The van der Waals surface area contributed by atoms with Gasteiger partial charge in [0.2, 0.25) is 0 Å². The maximum atomic E-state index is 11.0. The summed E-state index contributed by atoms with van der Waals surface area (Å²) < 4.78 is 5.20. The van der Waals surface area contributed by atoms with Gasteiger partial charge in [0.05, 0.1) is 6.61 Å². The number of ether oxygens (including phenoxy) is 1. The fourth-order valence-electron chi connectivity index (χ4n) is 4.99. The predicted octanol–water partition coefficient (Wildman–Crippen LogP) is 4.88. The standard InChI is InChI=1S/C18H30O2/c1-13-7-8-16-17(3,4)10-6-11-18(16,5)15(13)9-12-20-14(2)19/h16H,6-12H2,1-5H3/t16-,18+/m0/s1. The monoisotopic (exact) mass is 278 g/mol. The molecular weight excluding hydrogens is 248 g/mol. The molecule has 2 heteroatoms. The Morgan fingerprint density at radius 3 is 2.65 bits per heavy atom. The van der Waals surface area contributed by atoms with E-state index >= 15 is 0 Å². The number of fused-ring (bicyclic) bond motifs is 1. The fourth-order valence-corrected chi connectivity index (χ4v) is 4.99. The molecule has 0 saturated heterocycles. The first-order valence-electron chi connectivity index (χ1n) is 8.10. The van der Waals surface area contributed by atoms with Crippen LogP contribution in [-0.4, -0.2) is 12.6 Å². The molecule has 0 unspecified atom stereocenters. The average molecular weight is 278 g/mol. The zero-order chi connectivity index (χ0) is 15.0. The first-order valence-corrected chi connectivity index (χ1v) is 8.10. The predicted molar refractivity (Wildman–Crippen MR) is 82.4 cm³/mol. The van der Waals surface area contributed by atoms with Crippen molar-refractivity contribution >= 4 is 5.97 Å². The molecule has 0 aromatic rings. The van der Waals surface area contributed by atoms with Crippen LogP contribution < -0.4 is 0 Å². The van der Waals surface area contributed by atoms with Gasteiger partial charge < -0.3 is 4.74 Å². The molecule has 2 atom stereocenters. The lowest BCUT2D eigenvalue weighted by atomic mass is 9.50. The molecule has 2 nitrogen and oxygen atoms in total. The lowest BCUT2D eigenvalue weighted by Crippen LogP contribution is -2.45. The van der Waals surface area contributed by atoms with E-state index in [4.69, 9.17) is 4.74 Å². The number of rotatable bonds is 3. The summed E-state index contributed by atoms with van der Waals surface area (Å²) in [7, 11) is 0. The summed E-state index contributed by atoms with van der Waals surface area (Å²) in [4.78, 5) is 11.0. The summed E-state index contributed by atoms with van der Waals surface area (Å²) >= 11 is 0. The van der Waals surface area contributed by atoms with Crippen molar-refractivity contribution in [1.29, 1.82) is 0 Å². The molecule has 2 aliphatic rings. The van der Waals surface area contributed by atoms with Gasteiger partial charge in [0.15, 0.2) is 0 Å². The lowest BCUT2D eigenvalue weighted by molar-refractivity contribution is -0.141. The zero-order valence-corrected chi connectivity index (χ0v) is 13.8. The van der Waals surface area contributed by atoms with Crippen LogP contribution in [0.4, 0.5) is 0 Å². The summed E-state index contributed by atoms with van der Waals surface area (Å²) in [6.45, 7) is 11.7. The Hall–Kier alpha value is -0.790. The van der Waals surface area contributed by atoms with Gasteiger partial charge in [0, 0.05) is 13.3 Å². The Kier molecular flexibility index (Phi) is 4.32. The number of carbonyl (C=O) groups excluding carboxylic acids is 1. The Balaban J connectivity index is 2.21. The number of carbonyl (C=O) groups is 1. The summed E-state index contributed by atoms with van der Waals surface area (Å²) in [6.07, 6.45) is 7.45. The van der Waals surface area contributed by atoms with E-state index < -0.39 is 0 Å². The van der Waals surface area contributed by atoms with Crippen LogP contribution in [0.2, 0.25) is 0 Å². The van der Waals surface area contributed by atoms with Gasteiger partial charge in [-0.2, -0.15) is 0 Å². The molecule has 2 rings (SSSR count). The first kappa shape index (κ1) is 15.6. The van der Waals surface area contributed by atoms with Crippen LogP contribution in [0.25, 0.3) is 0 Å². The third-order valence-corrected chi connectivity index (χ3v) is 5.90. The quantitative estimate of drug-likeness (QED) is 0.543. The highest BCUT2D eigenvalue weighted by Gasteiger charge is 2.49. The Labute approximate surface area is 124 Å². The van der Waals surface area contributed by atoms with Crippen LogP contribution in [0, 0.1) is 16.7 Å². The Bertz CT molecular complexity index is 419. The number of esters is 1. The van der Waals surface area contributed by atoms with Crippen LogP contribution in [0.3, 0.4) is 0 Å². The lowest BCUT2D eigenvalue weighted by Gasteiger charge is -2.55. The molecule has 0 amide bonds. The van der Waals surface area contributed by atoms with E-state index in [-0.39, 0.29) is 5.97 Å². The van der Waals surface area contributed by atoms with E-state index in [1.54, 1.807) is 11.1 Å². The smallest absolute Gasteiger partial charge is 0.302 e. The Morgan fingerprint density at radius 2 is 2.00 bits per heavy atom. The van der Waals surface area contributed by atoms with Gasteiger partial charge in [-0.15, -0.1) is 0 Å². The van der Waals surface area contributed by atoms with Gasteiger partial charge in [-0.1, -0.05) is 38.3 Å². The van der Waals surface area contributed by atoms with Crippen LogP contribution in [-0.2, 0) is 9.53 Å². The van der Waals surface area contributed by atoms with Crippen LogP contribution in [0.1, 0.15) is 73.1 Å². The second-order valence-electron chi connectivity index (χ2n) is 7.70. The number of allylic oxidation sites excluding steroid dienone is 1. The summed E-state index contributed by atoms with van der Waals surface area (Å²) in [5, 5.41) is 0. The van der Waals surface area contributed by atoms with Crippen molar-refractivity contribution < 1.29 is 9.53 Å². The molecule has 0 radical (unpaired) electrons. The minimum Gasteiger partial charge on any atom is -0.466 e. The molecular formula is C18H30O2. The Morgan fingerprint density at radius 1 is 1.30 bits per heavy atom. The summed E-state index contributed by atoms with van der Waals surface area (Å²) in [6, 6.07) is 0. The minimum atomic E-state index is -0.162. The fraction of sp³-hybridized carbons (Fsp3) is 0.833. The third kappa shape index (κ3) is 2.80. The zero-order valence-electron chi connectivity index (χ0n) is 13.8. The molecule has 0 aromatic carbocycles. The molecule has 1 saturated carbocycles. The molecule has 2 aliphatic carbocycles. The van der Waals surface area contributed by atoms with Crippen molar-refractivity contribution in [1.82, 2.24) is 0 Å². The molecule has 0 heterocycles. The summed E-state index contributed by atoms with van der Waals surface area (Å²) in [5.41, 5.74) is 3.90. The van der Waals surface area contributed by atoms with Crippen LogP contribution in [0.5, 0.6) is 0 Å². The average Bonchev–Trinajstić information content (AvgIpc) is 2.31. The second kappa shape index (κ2) is 5.54. The van der Waals surface area contributed by atoms with Crippen molar-refractivity contribution in [3.8, 4) is 0 Å². The topological polar surface area (TPSA) is 26.3 Å². The highest BCUT2D eigenvalue weighted by atomic mass is 16.5. The second-order valence-corrected chi connectivity index (χ2v) is 7.70. The largest absolute Gasteiger partial charge is 0.466 e. The molecule has 1 fully saturated rings. The molecule has 0 N–H and O–H groups in total. The summed E-state index contributed by atoms with van der Waals surface area (Å²) in [5.74, 6) is 0.615. The third-order valence-electron chi connectivity index (χ3n) is 5.90. The van der Waals surface area contributed by atoms with Gasteiger partial charge in [-0.25, -0.2) is 0 Å². The highest BCUT2D eigenvalue weighted by molar-refractivity contribution is 5.65. The highest BCUT2D eigenvalue weighted by Crippen LogP contribution is 2.60. The molecule has 114 valence electrons. The van der Waals surface area contributed by atoms with Crippen molar-refractivity contribution in [2.45, 2.75) is 73.1 Å². The minimum absolute atomic E-state index is 0.162. The van der Waals surface area contributed by atoms with Crippen molar-refractivity contribution in [3.63, 3.8) is 0 Å². The van der Waals surface area contributed by atoms with E-state index in [2.05, 4.69) is 27.7 Å². The van der Waals surface area contributed by atoms with Crippen molar-refractivity contribution in [2.75, 3.05) is 6.61 Å². The number of hydrogen-bond acceptors (Lipinski definition) is 2. The normalized spacial score (nSPS) is 32.8. The molecule has 0 spiro atoms. The molecule has 0 bridgehead atoms. The van der Waals surface area contributed by atoms with E-state index in [0.717, 1.165) is 12.3 Å². The first-order chi connectivity index (χ1) is 9.27. The SMILES string of the molecule is CC(=O)OCCC1=C(C)CC[C@H]2C(C)(C)CCC[C@]12C. The maximum absolute atomic E-state index is 11.0. The van der Waals surface area contributed by atoms with Crippen LogP contribution >= 0.6 is 0 Å².